The third-order valence-corrected chi connectivity index (χ3v) is 5.17. The van der Waals surface area contributed by atoms with Crippen LogP contribution in [0.15, 0.2) is 48.8 Å². The van der Waals surface area contributed by atoms with Crippen molar-refractivity contribution in [2.75, 3.05) is 24.5 Å². The van der Waals surface area contributed by atoms with Gasteiger partial charge in [-0.3, -0.25) is 4.57 Å². The van der Waals surface area contributed by atoms with Crippen molar-refractivity contribution in [3.05, 3.63) is 54.4 Å². The van der Waals surface area contributed by atoms with Crippen molar-refractivity contribution < 1.29 is 14.7 Å². The number of nitrogens with zero attached hydrogens (tertiary/aromatic N) is 4. The lowest BCUT2D eigenvalue weighted by atomic mass is 10.1. The van der Waals surface area contributed by atoms with Crippen molar-refractivity contribution >= 4 is 28.7 Å². The number of fused-ring (bicyclic) bond motifs is 1. The van der Waals surface area contributed by atoms with Gasteiger partial charge in [-0.05, 0) is 43.3 Å². The molecule has 1 atom stereocenters. The predicted molar refractivity (Wildman–Crippen MR) is 106 cm³/mol. The van der Waals surface area contributed by atoms with E-state index in [1.165, 1.54) is 0 Å². The summed E-state index contributed by atoms with van der Waals surface area (Å²) in [7, 11) is 0. The Balaban J connectivity index is 1.65. The summed E-state index contributed by atoms with van der Waals surface area (Å²) >= 11 is 0. The second-order valence-electron chi connectivity index (χ2n) is 6.97. The van der Waals surface area contributed by atoms with Gasteiger partial charge in [0.15, 0.2) is 0 Å². The van der Waals surface area contributed by atoms with Gasteiger partial charge in [-0.15, -0.1) is 0 Å². The van der Waals surface area contributed by atoms with E-state index in [4.69, 9.17) is 10.8 Å². The first-order chi connectivity index (χ1) is 13.4. The molecule has 8 heteroatoms. The molecule has 2 amide bonds. The number of carboxylic acids is 1. The maximum absolute atomic E-state index is 11.4. The highest BCUT2D eigenvalue weighted by atomic mass is 16.4. The number of rotatable bonds is 3. The van der Waals surface area contributed by atoms with Crippen LogP contribution >= 0.6 is 0 Å². The molecule has 0 saturated carbocycles. The minimum Gasteiger partial charge on any atom is -0.478 e. The number of benzene rings is 2. The van der Waals surface area contributed by atoms with Crippen LogP contribution in [0.2, 0.25) is 0 Å². The van der Waals surface area contributed by atoms with E-state index in [0.717, 1.165) is 16.9 Å². The normalized spacial score (nSPS) is 17.1. The molecule has 1 aliphatic rings. The number of nitrogens with two attached hydrogens (primary N) is 1. The number of hydrogen-bond acceptors (Lipinski definition) is 4. The lowest BCUT2D eigenvalue weighted by molar-refractivity contribution is 0.0697. The number of amides is 2. The summed E-state index contributed by atoms with van der Waals surface area (Å²) in [6, 6.07) is 12.8. The van der Waals surface area contributed by atoms with Gasteiger partial charge in [0.25, 0.3) is 0 Å². The van der Waals surface area contributed by atoms with Gasteiger partial charge < -0.3 is 20.6 Å². The number of piperazine rings is 1. The highest BCUT2D eigenvalue weighted by Gasteiger charge is 2.25. The average Bonchev–Trinajstić information content (AvgIpc) is 3.11. The van der Waals surface area contributed by atoms with Crippen molar-refractivity contribution in [1.82, 2.24) is 14.5 Å². The maximum atomic E-state index is 11.4. The van der Waals surface area contributed by atoms with Crippen molar-refractivity contribution in [1.29, 1.82) is 0 Å². The van der Waals surface area contributed by atoms with Crippen molar-refractivity contribution in [2.45, 2.75) is 13.0 Å². The number of aromatic nitrogens is 2. The summed E-state index contributed by atoms with van der Waals surface area (Å²) in [5.41, 5.74) is 9.09. The molecule has 1 aromatic heterocycles. The van der Waals surface area contributed by atoms with E-state index in [9.17, 15) is 9.59 Å². The number of primary amides is 1. The molecule has 1 unspecified atom stereocenters. The van der Waals surface area contributed by atoms with Crippen LogP contribution in [0.25, 0.3) is 16.7 Å². The molecule has 1 fully saturated rings. The van der Waals surface area contributed by atoms with Crippen LogP contribution in [-0.2, 0) is 0 Å². The Labute approximate surface area is 161 Å². The average molecular weight is 379 g/mol. The molecule has 0 spiro atoms. The van der Waals surface area contributed by atoms with Crippen LogP contribution < -0.4 is 10.6 Å². The number of hydrogen-bond donors (Lipinski definition) is 2. The topological polar surface area (TPSA) is 105 Å². The molecule has 1 saturated heterocycles. The highest BCUT2D eigenvalue weighted by molar-refractivity contribution is 5.92. The SMILES string of the molecule is CC1CN(C(N)=O)CCN1c1cccc(-n2cnc3cc(C(=O)O)ccc32)c1. The van der Waals surface area contributed by atoms with Crippen LogP contribution in [0.1, 0.15) is 17.3 Å². The van der Waals surface area contributed by atoms with Crippen LogP contribution in [0, 0.1) is 0 Å². The molecule has 8 nitrogen and oxygen atoms in total. The monoisotopic (exact) mass is 379 g/mol. The van der Waals surface area contributed by atoms with Gasteiger partial charge in [0.05, 0.1) is 16.6 Å². The molecule has 2 heterocycles. The molecule has 0 radical (unpaired) electrons. The fourth-order valence-electron chi connectivity index (χ4n) is 3.71. The van der Waals surface area contributed by atoms with Gasteiger partial charge in [0.1, 0.15) is 6.33 Å². The van der Waals surface area contributed by atoms with E-state index < -0.39 is 5.97 Å². The number of urea groups is 1. The first kappa shape index (κ1) is 17.8. The summed E-state index contributed by atoms with van der Waals surface area (Å²) in [4.78, 5) is 30.9. The van der Waals surface area contributed by atoms with Crippen LogP contribution in [-0.4, -0.2) is 57.2 Å². The Morgan fingerprint density at radius 1 is 1.14 bits per heavy atom. The van der Waals surface area contributed by atoms with E-state index in [1.807, 2.05) is 22.8 Å². The van der Waals surface area contributed by atoms with Gasteiger partial charge in [-0.25, -0.2) is 14.6 Å². The number of carboxylic acid groups (broad SMARTS) is 1. The molecule has 1 aliphatic heterocycles. The first-order valence-electron chi connectivity index (χ1n) is 9.06. The quantitative estimate of drug-likeness (QED) is 0.727. The van der Waals surface area contributed by atoms with Gasteiger partial charge >= 0.3 is 12.0 Å². The molecule has 3 aromatic rings. The summed E-state index contributed by atoms with van der Waals surface area (Å²) < 4.78 is 1.94. The molecule has 28 heavy (non-hydrogen) atoms. The standard InChI is InChI=1S/C20H21N5O3/c1-13-11-23(20(21)28)7-8-24(13)15-3-2-4-16(10-15)25-12-22-17-9-14(19(26)27)5-6-18(17)25/h2-6,9-10,12-13H,7-8,11H2,1H3,(H2,21,28)(H,26,27). The third-order valence-electron chi connectivity index (χ3n) is 5.17. The summed E-state index contributed by atoms with van der Waals surface area (Å²) in [6.45, 7) is 3.96. The minimum atomic E-state index is -0.970. The third kappa shape index (κ3) is 3.13. The molecule has 144 valence electrons. The zero-order valence-corrected chi connectivity index (χ0v) is 15.4. The molecule has 3 N–H and O–H groups in total. The molecular formula is C20H21N5O3. The number of carbonyl (C=O) groups is 2. The summed E-state index contributed by atoms with van der Waals surface area (Å²) in [6.07, 6.45) is 1.70. The first-order valence-corrected chi connectivity index (χ1v) is 9.06. The molecule has 2 aromatic carbocycles. The number of anilines is 1. The minimum absolute atomic E-state index is 0.147. The summed E-state index contributed by atoms with van der Waals surface area (Å²) in [5.74, 6) is -0.970. The molecule has 0 bridgehead atoms. The number of aromatic carboxylic acids is 1. The lowest BCUT2D eigenvalue weighted by Gasteiger charge is -2.40. The highest BCUT2D eigenvalue weighted by Crippen LogP contribution is 2.26. The van der Waals surface area contributed by atoms with E-state index in [2.05, 4.69) is 22.9 Å². The van der Waals surface area contributed by atoms with E-state index in [-0.39, 0.29) is 17.6 Å². The Morgan fingerprint density at radius 3 is 2.64 bits per heavy atom. The fourth-order valence-corrected chi connectivity index (χ4v) is 3.71. The second kappa shape index (κ2) is 6.88. The van der Waals surface area contributed by atoms with E-state index in [0.29, 0.717) is 25.2 Å². The van der Waals surface area contributed by atoms with Gasteiger partial charge in [0, 0.05) is 37.1 Å². The van der Waals surface area contributed by atoms with Crippen molar-refractivity contribution in [3.8, 4) is 5.69 Å². The van der Waals surface area contributed by atoms with Gasteiger partial charge in [-0.2, -0.15) is 0 Å². The fraction of sp³-hybridized carbons (Fsp3) is 0.250. The van der Waals surface area contributed by atoms with E-state index in [1.54, 1.807) is 29.4 Å². The smallest absolute Gasteiger partial charge is 0.335 e. The van der Waals surface area contributed by atoms with E-state index >= 15 is 0 Å². The van der Waals surface area contributed by atoms with Gasteiger partial charge in [-0.1, -0.05) is 6.07 Å². The zero-order valence-electron chi connectivity index (χ0n) is 15.4. The Morgan fingerprint density at radius 2 is 1.93 bits per heavy atom. The van der Waals surface area contributed by atoms with Crippen LogP contribution in [0.4, 0.5) is 10.5 Å². The lowest BCUT2D eigenvalue weighted by Crippen LogP contribution is -2.55. The van der Waals surface area contributed by atoms with Crippen molar-refractivity contribution in [2.24, 2.45) is 5.73 Å². The largest absolute Gasteiger partial charge is 0.478 e. The Bertz CT molecular complexity index is 1060. The predicted octanol–water partition coefficient (Wildman–Crippen LogP) is 2.31. The molecule has 0 aliphatic carbocycles. The van der Waals surface area contributed by atoms with Crippen LogP contribution in [0.5, 0.6) is 0 Å². The Hall–Kier alpha value is -3.55. The maximum Gasteiger partial charge on any atom is 0.335 e. The number of carbonyl (C=O) groups excluding carboxylic acids is 1. The second-order valence-corrected chi connectivity index (χ2v) is 6.97. The van der Waals surface area contributed by atoms with Crippen LogP contribution in [0.3, 0.4) is 0 Å². The van der Waals surface area contributed by atoms with Gasteiger partial charge in [0.2, 0.25) is 0 Å². The number of imidazole rings is 1. The zero-order chi connectivity index (χ0) is 19.8. The molecular weight excluding hydrogens is 358 g/mol. The molecule has 4 rings (SSSR count). The van der Waals surface area contributed by atoms with Crippen molar-refractivity contribution in [3.63, 3.8) is 0 Å². The Kier molecular flexibility index (Phi) is 4.38. The summed E-state index contributed by atoms with van der Waals surface area (Å²) in [5, 5.41) is 9.15.